The molecule has 0 saturated heterocycles. The van der Waals surface area contributed by atoms with Gasteiger partial charge < -0.3 is 15.4 Å². The molecule has 0 bridgehead atoms. The molecule has 3 aromatic carbocycles. The molecule has 0 heterocycles. The van der Waals surface area contributed by atoms with Crippen LogP contribution < -0.4 is 15.4 Å². The second-order valence-corrected chi connectivity index (χ2v) is 8.11. The Morgan fingerprint density at radius 2 is 1.68 bits per heavy atom. The van der Waals surface area contributed by atoms with E-state index in [9.17, 15) is 9.59 Å². The van der Waals surface area contributed by atoms with Crippen molar-refractivity contribution in [3.05, 3.63) is 89.4 Å². The van der Waals surface area contributed by atoms with Crippen LogP contribution in [0.4, 0.5) is 5.69 Å². The van der Waals surface area contributed by atoms with Crippen molar-refractivity contribution < 1.29 is 14.3 Å². The van der Waals surface area contributed by atoms with Gasteiger partial charge in [0, 0.05) is 11.8 Å². The lowest BCUT2D eigenvalue weighted by Crippen LogP contribution is -2.44. The SMILES string of the molecule is CSCC[C@@H](NC(=O)c1ccccc1Cl)C(=O)Nc1cccc(Oc2ccccc2)c1. The summed E-state index contributed by atoms with van der Waals surface area (Å²) in [7, 11) is 0. The number of amides is 2. The molecule has 7 heteroatoms. The summed E-state index contributed by atoms with van der Waals surface area (Å²) in [4.78, 5) is 25.6. The smallest absolute Gasteiger partial charge is 0.253 e. The van der Waals surface area contributed by atoms with Crippen LogP contribution in [0, 0.1) is 0 Å². The van der Waals surface area contributed by atoms with E-state index in [1.807, 2.05) is 42.7 Å². The third kappa shape index (κ3) is 6.77. The first-order valence-electron chi connectivity index (χ1n) is 9.75. The molecule has 2 N–H and O–H groups in total. The standard InChI is InChI=1S/C24H23ClN2O3S/c1-31-15-14-22(27-23(28)20-12-5-6-13-21(20)25)24(29)26-17-8-7-11-19(16-17)30-18-9-3-2-4-10-18/h2-13,16,22H,14-15H2,1H3,(H,26,29)(H,27,28)/t22-/m1/s1. The van der Waals surface area contributed by atoms with Gasteiger partial charge in [-0.1, -0.05) is 48.0 Å². The number of anilines is 1. The number of hydrogen-bond donors (Lipinski definition) is 2. The van der Waals surface area contributed by atoms with Gasteiger partial charge in [-0.2, -0.15) is 11.8 Å². The third-order valence-corrected chi connectivity index (χ3v) is 5.40. The van der Waals surface area contributed by atoms with Crippen LogP contribution in [0.25, 0.3) is 0 Å². The zero-order chi connectivity index (χ0) is 22.1. The molecule has 0 aliphatic rings. The second kappa shape index (κ2) is 11.4. The highest BCUT2D eigenvalue weighted by Crippen LogP contribution is 2.24. The average Bonchev–Trinajstić information content (AvgIpc) is 2.77. The molecule has 0 aromatic heterocycles. The van der Waals surface area contributed by atoms with E-state index >= 15 is 0 Å². The van der Waals surface area contributed by atoms with Crippen molar-refractivity contribution in [1.82, 2.24) is 5.32 Å². The fourth-order valence-electron chi connectivity index (χ4n) is 2.88. The van der Waals surface area contributed by atoms with Gasteiger partial charge in [0.25, 0.3) is 5.91 Å². The summed E-state index contributed by atoms with van der Waals surface area (Å²) in [5, 5.41) is 6.02. The van der Waals surface area contributed by atoms with Gasteiger partial charge in [0.05, 0.1) is 10.6 Å². The van der Waals surface area contributed by atoms with Gasteiger partial charge in [0.15, 0.2) is 0 Å². The lowest BCUT2D eigenvalue weighted by Gasteiger charge is -2.19. The Balaban J connectivity index is 1.69. The zero-order valence-electron chi connectivity index (χ0n) is 17.0. The van der Waals surface area contributed by atoms with Gasteiger partial charge in [-0.05, 0) is 54.8 Å². The summed E-state index contributed by atoms with van der Waals surface area (Å²) in [6, 6.07) is 22.6. The summed E-state index contributed by atoms with van der Waals surface area (Å²) in [6.45, 7) is 0. The van der Waals surface area contributed by atoms with Crippen molar-refractivity contribution in [1.29, 1.82) is 0 Å². The fraction of sp³-hybridized carbons (Fsp3) is 0.167. The van der Waals surface area contributed by atoms with Gasteiger partial charge in [0.2, 0.25) is 5.91 Å². The number of halogens is 1. The number of nitrogens with one attached hydrogen (secondary N) is 2. The van der Waals surface area contributed by atoms with Crippen LogP contribution in [0.5, 0.6) is 11.5 Å². The van der Waals surface area contributed by atoms with E-state index in [1.165, 1.54) is 0 Å². The Morgan fingerprint density at radius 3 is 2.42 bits per heavy atom. The van der Waals surface area contributed by atoms with Crippen LogP contribution in [0.15, 0.2) is 78.9 Å². The molecule has 0 unspecified atom stereocenters. The van der Waals surface area contributed by atoms with Crippen molar-refractivity contribution >= 4 is 40.9 Å². The minimum Gasteiger partial charge on any atom is -0.457 e. The first-order valence-corrected chi connectivity index (χ1v) is 11.5. The Morgan fingerprint density at radius 1 is 0.968 bits per heavy atom. The van der Waals surface area contributed by atoms with Crippen LogP contribution in [0.2, 0.25) is 5.02 Å². The van der Waals surface area contributed by atoms with E-state index in [4.69, 9.17) is 16.3 Å². The van der Waals surface area contributed by atoms with Crippen molar-refractivity contribution in [2.75, 3.05) is 17.3 Å². The molecule has 5 nitrogen and oxygen atoms in total. The van der Waals surface area contributed by atoms with E-state index in [0.29, 0.717) is 34.2 Å². The zero-order valence-corrected chi connectivity index (χ0v) is 18.6. The monoisotopic (exact) mass is 454 g/mol. The summed E-state index contributed by atoms with van der Waals surface area (Å²) in [6.07, 6.45) is 2.44. The summed E-state index contributed by atoms with van der Waals surface area (Å²) in [5.41, 5.74) is 0.920. The van der Waals surface area contributed by atoms with Crippen molar-refractivity contribution in [3.8, 4) is 11.5 Å². The Labute approximate surface area is 191 Å². The minimum absolute atomic E-state index is 0.300. The molecule has 0 aliphatic carbocycles. The second-order valence-electron chi connectivity index (χ2n) is 6.72. The molecule has 0 radical (unpaired) electrons. The maximum absolute atomic E-state index is 12.9. The maximum Gasteiger partial charge on any atom is 0.253 e. The lowest BCUT2D eigenvalue weighted by molar-refractivity contribution is -0.118. The summed E-state index contributed by atoms with van der Waals surface area (Å²) in [5.74, 6) is 1.35. The number of thioether (sulfide) groups is 1. The van der Waals surface area contributed by atoms with Gasteiger partial charge in [-0.25, -0.2) is 0 Å². The summed E-state index contributed by atoms with van der Waals surface area (Å²) >= 11 is 7.73. The molecule has 0 aliphatic heterocycles. The average molecular weight is 455 g/mol. The van der Waals surface area contributed by atoms with Crippen molar-refractivity contribution in [3.63, 3.8) is 0 Å². The lowest BCUT2D eigenvalue weighted by atomic mass is 10.1. The number of benzene rings is 3. The number of carbonyl (C=O) groups excluding carboxylic acids is 2. The quantitative estimate of drug-likeness (QED) is 0.440. The van der Waals surface area contributed by atoms with Crippen molar-refractivity contribution in [2.24, 2.45) is 0 Å². The van der Waals surface area contributed by atoms with E-state index in [1.54, 1.807) is 54.2 Å². The number of ether oxygens (including phenoxy) is 1. The Bertz CT molecular complexity index is 1030. The van der Waals surface area contributed by atoms with Gasteiger partial charge in [0.1, 0.15) is 17.5 Å². The highest BCUT2D eigenvalue weighted by atomic mass is 35.5. The highest BCUT2D eigenvalue weighted by molar-refractivity contribution is 7.98. The van der Waals surface area contributed by atoms with Crippen LogP contribution in [-0.4, -0.2) is 29.9 Å². The molecule has 1 atom stereocenters. The molecule has 2 amide bonds. The predicted molar refractivity (Wildman–Crippen MR) is 127 cm³/mol. The number of rotatable bonds is 9. The first kappa shape index (κ1) is 22.7. The van der Waals surface area contributed by atoms with Crippen LogP contribution in [-0.2, 0) is 4.79 Å². The Hall–Kier alpha value is -2.96. The topological polar surface area (TPSA) is 67.4 Å². The van der Waals surface area contributed by atoms with E-state index in [-0.39, 0.29) is 11.8 Å². The molecule has 3 aromatic rings. The molecule has 160 valence electrons. The van der Waals surface area contributed by atoms with E-state index < -0.39 is 6.04 Å². The number of para-hydroxylation sites is 1. The normalized spacial score (nSPS) is 11.4. The molecular formula is C24H23ClN2O3S. The molecule has 3 rings (SSSR count). The molecule has 0 fully saturated rings. The van der Waals surface area contributed by atoms with E-state index in [2.05, 4.69) is 10.6 Å². The largest absolute Gasteiger partial charge is 0.457 e. The fourth-order valence-corrected chi connectivity index (χ4v) is 3.57. The van der Waals surface area contributed by atoms with E-state index in [0.717, 1.165) is 5.75 Å². The van der Waals surface area contributed by atoms with Gasteiger partial charge >= 0.3 is 0 Å². The highest BCUT2D eigenvalue weighted by Gasteiger charge is 2.22. The molecule has 0 saturated carbocycles. The van der Waals surface area contributed by atoms with Crippen LogP contribution in [0.1, 0.15) is 16.8 Å². The molecule has 31 heavy (non-hydrogen) atoms. The minimum atomic E-state index is -0.699. The van der Waals surface area contributed by atoms with Crippen LogP contribution in [0.3, 0.4) is 0 Å². The maximum atomic E-state index is 12.9. The van der Waals surface area contributed by atoms with Crippen LogP contribution >= 0.6 is 23.4 Å². The first-order chi connectivity index (χ1) is 15.1. The van der Waals surface area contributed by atoms with Gasteiger partial charge in [-0.3, -0.25) is 9.59 Å². The molecule has 0 spiro atoms. The Kier molecular flexibility index (Phi) is 8.38. The number of hydrogen-bond acceptors (Lipinski definition) is 4. The van der Waals surface area contributed by atoms with Crippen molar-refractivity contribution in [2.45, 2.75) is 12.5 Å². The molecular weight excluding hydrogens is 432 g/mol. The summed E-state index contributed by atoms with van der Waals surface area (Å²) < 4.78 is 5.82. The predicted octanol–water partition coefficient (Wildman–Crippen LogP) is 5.62. The number of carbonyl (C=O) groups is 2. The van der Waals surface area contributed by atoms with Gasteiger partial charge in [-0.15, -0.1) is 0 Å². The third-order valence-electron chi connectivity index (χ3n) is 4.43.